The Morgan fingerprint density at radius 2 is 1.97 bits per heavy atom. The summed E-state index contributed by atoms with van der Waals surface area (Å²) in [5.74, 6) is 0.230. The highest BCUT2D eigenvalue weighted by Gasteiger charge is 2.19. The van der Waals surface area contributed by atoms with Crippen LogP contribution in [0, 0.1) is 13.8 Å². The molecule has 0 aliphatic carbocycles. The highest BCUT2D eigenvalue weighted by atomic mass is 32.2. The standard InChI is InChI=1S/C22H26N6O2S/c1-4-5-11-24-21(30)25-19(29)14-31-22-27-26-20(17-8-6-7-12-23-17)28(22)18-10-9-15(2)13-16(18)3/h6-10,12-13H,4-5,11,14H2,1-3H3,(H2,24,25,29,30). The van der Waals surface area contributed by atoms with Crippen molar-refractivity contribution in [2.45, 2.75) is 38.8 Å². The van der Waals surface area contributed by atoms with Crippen molar-refractivity contribution in [3.8, 4) is 17.2 Å². The van der Waals surface area contributed by atoms with E-state index in [1.165, 1.54) is 11.8 Å². The van der Waals surface area contributed by atoms with E-state index in [9.17, 15) is 9.59 Å². The van der Waals surface area contributed by atoms with Gasteiger partial charge in [-0.1, -0.05) is 48.9 Å². The Kier molecular flexibility index (Phi) is 7.77. The molecule has 0 bridgehead atoms. The number of hydrogen-bond donors (Lipinski definition) is 2. The van der Waals surface area contributed by atoms with Gasteiger partial charge >= 0.3 is 6.03 Å². The Balaban J connectivity index is 1.81. The van der Waals surface area contributed by atoms with Crippen molar-refractivity contribution in [1.82, 2.24) is 30.4 Å². The predicted molar refractivity (Wildman–Crippen MR) is 121 cm³/mol. The van der Waals surface area contributed by atoms with Crippen LogP contribution in [-0.4, -0.2) is 44.0 Å². The maximum Gasteiger partial charge on any atom is 0.321 e. The van der Waals surface area contributed by atoms with Gasteiger partial charge in [0.2, 0.25) is 5.91 Å². The summed E-state index contributed by atoms with van der Waals surface area (Å²) in [5.41, 5.74) is 3.80. The lowest BCUT2D eigenvalue weighted by molar-refractivity contribution is -0.117. The first-order valence-corrected chi connectivity index (χ1v) is 11.1. The number of nitrogens with zero attached hydrogens (tertiary/aromatic N) is 4. The molecule has 2 N–H and O–H groups in total. The lowest BCUT2D eigenvalue weighted by atomic mass is 10.1. The number of unbranched alkanes of at least 4 members (excludes halogenated alkanes) is 1. The summed E-state index contributed by atoms with van der Waals surface area (Å²) in [7, 11) is 0. The Morgan fingerprint density at radius 1 is 1.13 bits per heavy atom. The topological polar surface area (TPSA) is 102 Å². The van der Waals surface area contributed by atoms with Crippen molar-refractivity contribution in [2.75, 3.05) is 12.3 Å². The number of aryl methyl sites for hydroxylation is 2. The number of benzene rings is 1. The zero-order valence-corrected chi connectivity index (χ0v) is 18.7. The van der Waals surface area contributed by atoms with E-state index >= 15 is 0 Å². The minimum Gasteiger partial charge on any atom is -0.338 e. The summed E-state index contributed by atoms with van der Waals surface area (Å²) >= 11 is 1.22. The van der Waals surface area contributed by atoms with E-state index in [-0.39, 0.29) is 5.75 Å². The van der Waals surface area contributed by atoms with E-state index in [0.717, 1.165) is 29.7 Å². The number of carbonyl (C=O) groups is 2. The molecule has 0 saturated carbocycles. The zero-order chi connectivity index (χ0) is 22.2. The molecule has 3 aromatic rings. The third kappa shape index (κ3) is 5.91. The molecule has 162 valence electrons. The number of carbonyl (C=O) groups excluding carboxylic acids is 2. The maximum atomic E-state index is 12.2. The van der Waals surface area contributed by atoms with E-state index in [1.807, 2.05) is 55.7 Å². The second kappa shape index (κ2) is 10.7. The number of aromatic nitrogens is 4. The second-order valence-electron chi connectivity index (χ2n) is 7.09. The number of nitrogens with one attached hydrogen (secondary N) is 2. The number of imide groups is 1. The van der Waals surface area contributed by atoms with Crippen LogP contribution in [0.15, 0.2) is 47.8 Å². The van der Waals surface area contributed by atoms with Gasteiger partial charge in [-0.3, -0.25) is 19.7 Å². The summed E-state index contributed by atoms with van der Waals surface area (Å²) in [6.45, 7) is 6.63. The molecular formula is C22H26N6O2S. The number of hydrogen-bond acceptors (Lipinski definition) is 6. The summed E-state index contributed by atoms with van der Waals surface area (Å²) in [6, 6.07) is 11.2. The van der Waals surface area contributed by atoms with Gasteiger partial charge in [0.25, 0.3) is 0 Å². The second-order valence-corrected chi connectivity index (χ2v) is 8.04. The van der Waals surface area contributed by atoms with Gasteiger partial charge in [0.15, 0.2) is 11.0 Å². The van der Waals surface area contributed by atoms with Crippen LogP contribution in [0.2, 0.25) is 0 Å². The van der Waals surface area contributed by atoms with Crippen LogP contribution >= 0.6 is 11.8 Å². The molecule has 0 aliphatic rings. The van der Waals surface area contributed by atoms with Gasteiger partial charge in [-0.2, -0.15) is 0 Å². The minimum absolute atomic E-state index is 0.0342. The molecule has 0 unspecified atom stereocenters. The van der Waals surface area contributed by atoms with Crippen LogP contribution in [0.25, 0.3) is 17.2 Å². The molecule has 2 heterocycles. The van der Waals surface area contributed by atoms with E-state index in [4.69, 9.17) is 0 Å². The monoisotopic (exact) mass is 438 g/mol. The van der Waals surface area contributed by atoms with Crippen LogP contribution in [-0.2, 0) is 4.79 Å². The van der Waals surface area contributed by atoms with E-state index in [0.29, 0.717) is 23.2 Å². The molecule has 3 rings (SSSR count). The summed E-state index contributed by atoms with van der Waals surface area (Å²) in [4.78, 5) is 28.4. The highest BCUT2D eigenvalue weighted by Crippen LogP contribution is 2.28. The van der Waals surface area contributed by atoms with E-state index < -0.39 is 11.9 Å². The van der Waals surface area contributed by atoms with Gasteiger partial charge in [0.1, 0.15) is 5.69 Å². The summed E-state index contributed by atoms with van der Waals surface area (Å²) in [6.07, 6.45) is 3.54. The number of amides is 3. The van der Waals surface area contributed by atoms with Gasteiger partial charge in [-0.15, -0.1) is 10.2 Å². The average Bonchev–Trinajstić information content (AvgIpc) is 3.17. The molecule has 1 aromatic carbocycles. The van der Waals surface area contributed by atoms with Crippen LogP contribution < -0.4 is 10.6 Å². The van der Waals surface area contributed by atoms with Crippen molar-refractivity contribution >= 4 is 23.7 Å². The van der Waals surface area contributed by atoms with Crippen LogP contribution in [0.1, 0.15) is 30.9 Å². The maximum absolute atomic E-state index is 12.2. The molecule has 0 atom stereocenters. The van der Waals surface area contributed by atoms with Crippen molar-refractivity contribution in [1.29, 1.82) is 0 Å². The van der Waals surface area contributed by atoms with Crippen LogP contribution in [0.5, 0.6) is 0 Å². The van der Waals surface area contributed by atoms with Crippen molar-refractivity contribution in [3.05, 3.63) is 53.7 Å². The molecule has 0 radical (unpaired) electrons. The van der Waals surface area contributed by atoms with E-state index in [1.54, 1.807) is 6.20 Å². The third-order valence-electron chi connectivity index (χ3n) is 4.52. The Morgan fingerprint density at radius 3 is 2.68 bits per heavy atom. The van der Waals surface area contributed by atoms with Crippen LogP contribution in [0.4, 0.5) is 4.79 Å². The first-order valence-electron chi connectivity index (χ1n) is 10.1. The fourth-order valence-electron chi connectivity index (χ4n) is 3.01. The lowest BCUT2D eigenvalue weighted by Gasteiger charge is -2.13. The lowest BCUT2D eigenvalue weighted by Crippen LogP contribution is -2.40. The Hall–Kier alpha value is -3.20. The fourth-order valence-corrected chi connectivity index (χ4v) is 3.76. The zero-order valence-electron chi connectivity index (χ0n) is 17.9. The highest BCUT2D eigenvalue weighted by molar-refractivity contribution is 7.99. The van der Waals surface area contributed by atoms with Gasteiger partial charge in [-0.05, 0) is 44.0 Å². The smallest absolute Gasteiger partial charge is 0.321 e. The quantitative estimate of drug-likeness (QED) is 0.411. The fraction of sp³-hybridized carbons (Fsp3) is 0.318. The molecular weight excluding hydrogens is 412 g/mol. The average molecular weight is 439 g/mol. The van der Waals surface area contributed by atoms with E-state index in [2.05, 4.69) is 31.9 Å². The van der Waals surface area contributed by atoms with Crippen molar-refractivity contribution in [2.24, 2.45) is 0 Å². The molecule has 0 aliphatic heterocycles. The first-order chi connectivity index (χ1) is 15.0. The molecule has 8 nitrogen and oxygen atoms in total. The molecule has 2 aromatic heterocycles. The summed E-state index contributed by atoms with van der Waals surface area (Å²) in [5, 5.41) is 14.2. The molecule has 0 fully saturated rings. The van der Waals surface area contributed by atoms with Crippen molar-refractivity contribution in [3.63, 3.8) is 0 Å². The third-order valence-corrected chi connectivity index (χ3v) is 5.45. The molecule has 9 heteroatoms. The number of pyridine rings is 1. The molecule has 0 spiro atoms. The molecule has 31 heavy (non-hydrogen) atoms. The van der Waals surface area contributed by atoms with Crippen molar-refractivity contribution < 1.29 is 9.59 Å². The normalized spacial score (nSPS) is 10.7. The Bertz CT molecular complexity index is 1050. The number of rotatable bonds is 8. The largest absolute Gasteiger partial charge is 0.338 e. The van der Waals surface area contributed by atoms with Crippen LogP contribution in [0.3, 0.4) is 0 Å². The Labute approximate surface area is 185 Å². The van der Waals surface area contributed by atoms with Gasteiger partial charge in [0, 0.05) is 12.7 Å². The van der Waals surface area contributed by atoms with Gasteiger partial charge < -0.3 is 5.32 Å². The molecule has 0 saturated heterocycles. The molecule has 3 amide bonds. The number of thioether (sulfide) groups is 1. The summed E-state index contributed by atoms with van der Waals surface area (Å²) < 4.78 is 1.90. The predicted octanol–water partition coefficient (Wildman–Crippen LogP) is 3.66. The minimum atomic E-state index is -0.482. The van der Waals surface area contributed by atoms with Gasteiger partial charge in [0.05, 0.1) is 11.4 Å². The first kappa shape index (κ1) is 22.5. The number of urea groups is 1. The van der Waals surface area contributed by atoms with Gasteiger partial charge in [-0.25, -0.2) is 4.79 Å². The SMILES string of the molecule is CCCCNC(=O)NC(=O)CSc1nnc(-c2ccccn2)n1-c1ccc(C)cc1C.